The number of para-hydroxylation sites is 1. The van der Waals surface area contributed by atoms with Crippen LogP contribution in [0, 0.1) is 6.92 Å². The van der Waals surface area contributed by atoms with Gasteiger partial charge >= 0.3 is 0 Å². The second-order valence-corrected chi connectivity index (χ2v) is 3.29. The van der Waals surface area contributed by atoms with E-state index >= 15 is 0 Å². The number of hydrogen-bond donors (Lipinski definition) is 0. The summed E-state index contributed by atoms with van der Waals surface area (Å²) in [5.41, 5.74) is 2.10. The number of hydrogen-bond acceptors (Lipinski definition) is 1. The first-order valence-electron chi connectivity index (χ1n) is 3.50. The van der Waals surface area contributed by atoms with Crippen molar-refractivity contribution < 1.29 is 0 Å². The minimum Gasteiger partial charge on any atom is -0.240 e. The van der Waals surface area contributed by atoms with Gasteiger partial charge in [0.15, 0.2) is 3.84 Å². The Labute approximate surface area is 85.6 Å². The highest BCUT2D eigenvalue weighted by molar-refractivity contribution is 14.1. The number of benzene rings is 1. The Morgan fingerprint density at radius 2 is 2.08 bits per heavy atom. The molecule has 0 atom stereocenters. The molecule has 0 aliphatic heterocycles. The molecule has 0 saturated carbocycles. The molecule has 0 aliphatic carbocycles. The molecule has 12 heavy (non-hydrogen) atoms. The fourth-order valence-electron chi connectivity index (χ4n) is 0.824. The van der Waals surface area contributed by atoms with Gasteiger partial charge in [-0.2, -0.15) is 0 Å². The Bertz CT molecular complexity index is 318. The van der Waals surface area contributed by atoms with Gasteiger partial charge < -0.3 is 0 Å². The summed E-state index contributed by atoms with van der Waals surface area (Å²) in [6.45, 7) is 5.42. The first-order valence-corrected chi connectivity index (χ1v) is 4.58. The summed E-state index contributed by atoms with van der Waals surface area (Å²) in [6.07, 6.45) is 0. The van der Waals surface area contributed by atoms with E-state index in [0.29, 0.717) is 3.84 Å². The maximum atomic E-state index is 4.25. The van der Waals surface area contributed by atoms with Crippen molar-refractivity contribution in [1.82, 2.24) is 0 Å². The quantitative estimate of drug-likeness (QED) is 0.325. The van der Waals surface area contributed by atoms with Crippen molar-refractivity contribution in [3.63, 3.8) is 0 Å². The lowest BCUT2D eigenvalue weighted by atomic mass is 10.2. The van der Waals surface area contributed by atoms with Gasteiger partial charge in [0, 0.05) is 22.6 Å². The highest BCUT2D eigenvalue weighted by Gasteiger charge is 1.93. The molecule has 0 spiro atoms. The van der Waals surface area contributed by atoms with Gasteiger partial charge in [0.2, 0.25) is 0 Å². The van der Waals surface area contributed by atoms with Crippen LogP contribution >= 0.6 is 22.6 Å². The predicted octanol–water partition coefficient (Wildman–Crippen LogP) is 3.12. The van der Waals surface area contributed by atoms with E-state index in [2.05, 4.69) is 16.7 Å². The molecule has 1 rings (SSSR count). The lowest BCUT2D eigenvalue weighted by molar-refractivity contribution is 1.40. The molecule has 3 heteroatoms. The maximum Gasteiger partial charge on any atom is 0.190 e. The summed E-state index contributed by atoms with van der Waals surface area (Å²) in [6, 6.07) is 7.92. The zero-order chi connectivity index (χ0) is 8.97. The third-order valence-corrected chi connectivity index (χ3v) is 2.04. The summed E-state index contributed by atoms with van der Waals surface area (Å²) < 4.78 is 0.668. The van der Waals surface area contributed by atoms with Crippen molar-refractivity contribution in [3.8, 4) is 0 Å². The molecule has 0 unspecified atom stereocenters. The third kappa shape index (κ3) is 2.41. The fourth-order valence-corrected chi connectivity index (χ4v) is 1.08. The van der Waals surface area contributed by atoms with Gasteiger partial charge in [0.05, 0.1) is 5.69 Å². The summed E-state index contributed by atoms with van der Waals surface area (Å²) in [4.78, 5) is 7.96. The third-order valence-electron chi connectivity index (χ3n) is 1.46. The van der Waals surface area contributed by atoms with E-state index in [1.807, 2.05) is 53.8 Å². The first kappa shape index (κ1) is 9.38. The monoisotopic (exact) mass is 272 g/mol. The van der Waals surface area contributed by atoms with Crippen LogP contribution in [-0.2, 0) is 0 Å². The van der Waals surface area contributed by atoms with Crippen LogP contribution in [0.4, 0.5) is 5.69 Å². The molecule has 0 aliphatic rings. The van der Waals surface area contributed by atoms with Crippen molar-refractivity contribution in [2.45, 2.75) is 6.92 Å². The van der Waals surface area contributed by atoms with E-state index in [9.17, 15) is 0 Å². The van der Waals surface area contributed by atoms with Crippen LogP contribution in [-0.4, -0.2) is 10.6 Å². The molecule has 0 amide bonds. The molecule has 0 fully saturated rings. The maximum absolute atomic E-state index is 4.25. The van der Waals surface area contributed by atoms with Crippen molar-refractivity contribution in [3.05, 3.63) is 29.8 Å². The fraction of sp³-hybridized carbons (Fsp3) is 0.111. The summed E-state index contributed by atoms with van der Waals surface area (Å²) in [5, 5.41) is 0. The van der Waals surface area contributed by atoms with Gasteiger partial charge in [-0.25, -0.2) is 9.98 Å². The van der Waals surface area contributed by atoms with Gasteiger partial charge in [-0.05, 0) is 25.3 Å². The molecule has 2 nitrogen and oxygen atoms in total. The van der Waals surface area contributed by atoms with Gasteiger partial charge in [0.1, 0.15) is 0 Å². The molecule has 62 valence electrons. The van der Waals surface area contributed by atoms with Gasteiger partial charge in [-0.15, -0.1) is 0 Å². The SMILES string of the molecule is C=NC(I)=Nc1ccccc1C. The molecule has 0 heterocycles. The van der Waals surface area contributed by atoms with Gasteiger partial charge in [-0.1, -0.05) is 18.2 Å². The lowest BCUT2D eigenvalue weighted by Gasteiger charge is -1.97. The number of halogens is 1. The van der Waals surface area contributed by atoms with Gasteiger partial charge in [-0.3, -0.25) is 0 Å². The predicted molar refractivity (Wildman–Crippen MR) is 61.8 cm³/mol. The average Bonchev–Trinajstić information content (AvgIpc) is 2.09. The molecule has 0 N–H and O–H groups in total. The number of aryl methyl sites for hydroxylation is 1. The Morgan fingerprint density at radius 1 is 1.42 bits per heavy atom. The first-order chi connectivity index (χ1) is 5.74. The van der Waals surface area contributed by atoms with Crippen molar-refractivity contribution >= 4 is 38.8 Å². The topological polar surface area (TPSA) is 24.7 Å². The van der Waals surface area contributed by atoms with Crippen LogP contribution in [0.5, 0.6) is 0 Å². The Hall–Kier alpha value is -0.710. The normalized spacial score (nSPS) is 11.3. The Balaban J connectivity index is 3.04. The highest BCUT2D eigenvalue weighted by atomic mass is 127. The van der Waals surface area contributed by atoms with Crippen molar-refractivity contribution in [2.75, 3.05) is 0 Å². The second-order valence-electron chi connectivity index (χ2n) is 2.33. The summed E-state index contributed by atoms with van der Waals surface area (Å²) >= 11 is 2.05. The van der Waals surface area contributed by atoms with Crippen LogP contribution < -0.4 is 0 Å². The van der Waals surface area contributed by atoms with E-state index in [-0.39, 0.29) is 0 Å². The Kier molecular flexibility index (Phi) is 3.40. The molecule has 1 aromatic carbocycles. The van der Waals surface area contributed by atoms with Crippen LogP contribution in [0.1, 0.15) is 5.56 Å². The van der Waals surface area contributed by atoms with Crippen molar-refractivity contribution in [2.24, 2.45) is 9.98 Å². The number of rotatable bonds is 1. The molecule has 0 bridgehead atoms. The second kappa shape index (κ2) is 4.35. The van der Waals surface area contributed by atoms with E-state index < -0.39 is 0 Å². The Morgan fingerprint density at radius 3 is 2.67 bits per heavy atom. The van der Waals surface area contributed by atoms with Gasteiger partial charge in [0.25, 0.3) is 0 Å². The minimum absolute atomic E-state index is 0.668. The molecule has 0 saturated heterocycles. The number of amidine groups is 1. The highest BCUT2D eigenvalue weighted by Crippen LogP contribution is 2.18. The molecular formula is C9H9IN2. The van der Waals surface area contributed by atoms with Crippen LogP contribution in [0.2, 0.25) is 0 Å². The molecule has 1 aromatic rings. The van der Waals surface area contributed by atoms with E-state index in [1.54, 1.807) is 0 Å². The van der Waals surface area contributed by atoms with E-state index in [0.717, 1.165) is 11.3 Å². The summed E-state index contributed by atoms with van der Waals surface area (Å²) in [7, 11) is 0. The van der Waals surface area contributed by atoms with E-state index in [4.69, 9.17) is 0 Å². The van der Waals surface area contributed by atoms with Crippen LogP contribution in [0.25, 0.3) is 0 Å². The largest absolute Gasteiger partial charge is 0.240 e. The molecule has 0 aromatic heterocycles. The average molecular weight is 272 g/mol. The molecule has 0 radical (unpaired) electrons. The minimum atomic E-state index is 0.668. The number of nitrogens with zero attached hydrogens (tertiary/aromatic N) is 2. The van der Waals surface area contributed by atoms with E-state index in [1.165, 1.54) is 0 Å². The standard InChI is InChI=1S/C9H9IN2/c1-7-5-3-4-6-8(7)12-9(10)11-2/h3-6H,2H2,1H3. The number of aliphatic imine (C=N–C) groups is 2. The smallest absolute Gasteiger partial charge is 0.190 e. The lowest BCUT2D eigenvalue weighted by Crippen LogP contribution is -1.78. The van der Waals surface area contributed by atoms with Crippen molar-refractivity contribution in [1.29, 1.82) is 0 Å². The summed E-state index contributed by atoms with van der Waals surface area (Å²) in [5.74, 6) is 0. The zero-order valence-corrected chi connectivity index (χ0v) is 8.95. The molecular weight excluding hydrogens is 263 g/mol. The van der Waals surface area contributed by atoms with Crippen LogP contribution in [0.15, 0.2) is 34.3 Å². The zero-order valence-electron chi connectivity index (χ0n) is 6.79. The van der Waals surface area contributed by atoms with Crippen LogP contribution in [0.3, 0.4) is 0 Å².